The van der Waals surface area contributed by atoms with E-state index < -0.39 is 17.5 Å². The van der Waals surface area contributed by atoms with Crippen molar-refractivity contribution in [1.82, 2.24) is 10.2 Å². The van der Waals surface area contributed by atoms with Crippen molar-refractivity contribution in [1.29, 1.82) is 0 Å². The Balaban J connectivity index is 4.17. The van der Waals surface area contributed by atoms with Crippen molar-refractivity contribution < 1.29 is 19.4 Å². The third-order valence-corrected chi connectivity index (χ3v) is 1.67. The number of nitrogens with one attached hydrogen (secondary N) is 1. The van der Waals surface area contributed by atoms with Gasteiger partial charge in [-0.1, -0.05) is 0 Å². The number of carboxylic acids is 1. The first-order valence-electron chi connectivity index (χ1n) is 4.52. The molecule has 0 aromatic heterocycles. The first-order chi connectivity index (χ1) is 6.78. The molecule has 0 saturated carbocycles. The lowest BCUT2D eigenvalue weighted by atomic mass is 10.1. The van der Waals surface area contributed by atoms with Crippen molar-refractivity contribution in [3.05, 3.63) is 0 Å². The van der Waals surface area contributed by atoms with Gasteiger partial charge in [-0.2, -0.15) is 0 Å². The quantitative estimate of drug-likeness (QED) is 0.688. The van der Waals surface area contributed by atoms with Crippen LogP contribution < -0.4 is 5.32 Å². The fourth-order valence-corrected chi connectivity index (χ4v) is 1.06. The second-order valence-corrected chi connectivity index (χ2v) is 4.00. The van der Waals surface area contributed by atoms with Crippen molar-refractivity contribution in [3.8, 4) is 0 Å². The van der Waals surface area contributed by atoms with Crippen LogP contribution in [-0.2, 0) is 9.53 Å². The number of ether oxygens (including phenoxy) is 1. The number of carbonyl (C=O) groups excluding carboxylic acids is 1. The standard InChI is InChI=1S/C9H18N2O4/c1-9(2,6-15-4)10-8(14)11(3)5-7(12)13/h5-6H2,1-4H3,(H,10,14)(H,12,13). The topological polar surface area (TPSA) is 78.9 Å². The highest BCUT2D eigenvalue weighted by Gasteiger charge is 2.22. The Morgan fingerprint density at radius 1 is 1.47 bits per heavy atom. The van der Waals surface area contributed by atoms with Crippen LogP contribution >= 0.6 is 0 Å². The number of hydrogen-bond donors (Lipinski definition) is 2. The maximum Gasteiger partial charge on any atom is 0.323 e. The molecule has 0 unspecified atom stereocenters. The van der Waals surface area contributed by atoms with Gasteiger partial charge in [0.05, 0.1) is 12.1 Å². The summed E-state index contributed by atoms with van der Waals surface area (Å²) in [4.78, 5) is 22.9. The number of methoxy groups -OCH3 is 1. The van der Waals surface area contributed by atoms with Crippen LogP contribution in [0.1, 0.15) is 13.8 Å². The molecule has 0 spiro atoms. The SMILES string of the molecule is COCC(C)(C)NC(=O)N(C)CC(=O)O. The van der Waals surface area contributed by atoms with E-state index in [1.807, 2.05) is 0 Å². The van der Waals surface area contributed by atoms with E-state index in [0.29, 0.717) is 6.61 Å². The predicted molar refractivity (Wildman–Crippen MR) is 54.8 cm³/mol. The molecule has 0 heterocycles. The zero-order valence-corrected chi connectivity index (χ0v) is 9.53. The van der Waals surface area contributed by atoms with Crippen LogP contribution in [0.2, 0.25) is 0 Å². The molecule has 0 rings (SSSR count). The summed E-state index contributed by atoms with van der Waals surface area (Å²) in [6.45, 7) is 3.63. The summed E-state index contributed by atoms with van der Waals surface area (Å²) < 4.78 is 4.92. The van der Waals surface area contributed by atoms with Crippen molar-refractivity contribution >= 4 is 12.0 Å². The fourth-order valence-electron chi connectivity index (χ4n) is 1.06. The summed E-state index contributed by atoms with van der Waals surface area (Å²) in [5.74, 6) is -1.04. The van der Waals surface area contributed by atoms with E-state index in [1.54, 1.807) is 13.8 Å². The summed E-state index contributed by atoms with van der Waals surface area (Å²) in [7, 11) is 2.96. The molecule has 2 N–H and O–H groups in total. The van der Waals surface area contributed by atoms with Gasteiger partial charge >= 0.3 is 12.0 Å². The van der Waals surface area contributed by atoms with Gasteiger partial charge in [-0.05, 0) is 13.8 Å². The Hall–Kier alpha value is -1.30. The molecule has 0 saturated heterocycles. The lowest BCUT2D eigenvalue weighted by molar-refractivity contribution is -0.137. The Morgan fingerprint density at radius 2 is 2.00 bits per heavy atom. The molecule has 6 heteroatoms. The number of nitrogens with zero attached hydrogens (tertiary/aromatic N) is 1. The maximum atomic E-state index is 11.5. The molecule has 6 nitrogen and oxygen atoms in total. The minimum Gasteiger partial charge on any atom is -0.480 e. The molecule has 0 aliphatic rings. The van der Waals surface area contributed by atoms with Gasteiger partial charge in [0, 0.05) is 14.2 Å². The molecule has 0 atom stereocenters. The molecule has 0 radical (unpaired) electrons. The van der Waals surface area contributed by atoms with Gasteiger partial charge in [-0.3, -0.25) is 4.79 Å². The fraction of sp³-hybridized carbons (Fsp3) is 0.778. The highest BCUT2D eigenvalue weighted by molar-refractivity contribution is 5.80. The van der Waals surface area contributed by atoms with E-state index in [4.69, 9.17) is 9.84 Å². The average Bonchev–Trinajstić information content (AvgIpc) is 2.01. The highest BCUT2D eigenvalue weighted by Crippen LogP contribution is 2.02. The van der Waals surface area contributed by atoms with Gasteiger partial charge in [-0.25, -0.2) is 4.79 Å². The minimum atomic E-state index is -1.04. The van der Waals surface area contributed by atoms with E-state index in [0.717, 1.165) is 4.90 Å². The van der Waals surface area contributed by atoms with Crippen molar-refractivity contribution in [2.75, 3.05) is 27.3 Å². The zero-order chi connectivity index (χ0) is 12.1. The molecule has 0 aromatic carbocycles. The Kier molecular flexibility index (Phi) is 5.07. The monoisotopic (exact) mass is 218 g/mol. The number of aliphatic carboxylic acids is 1. The van der Waals surface area contributed by atoms with Crippen molar-refractivity contribution in [2.45, 2.75) is 19.4 Å². The number of likely N-dealkylation sites (N-methyl/N-ethyl adjacent to an activating group) is 1. The molecule has 0 aliphatic carbocycles. The molecule has 0 aliphatic heterocycles. The third-order valence-electron chi connectivity index (χ3n) is 1.67. The predicted octanol–water partition coefficient (Wildman–Crippen LogP) is 0.137. The van der Waals surface area contributed by atoms with Gasteiger partial charge in [0.25, 0.3) is 0 Å². The van der Waals surface area contributed by atoms with Crippen molar-refractivity contribution in [2.24, 2.45) is 0 Å². The number of urea groups is 1. The van der Waals surface area contributed by atoms with Gasteiger partial charge in [0.1, 0.15) is 6.54 Å². The summed E-state index contributed by atoms with van der Waals surface area (Å²) in [6.07, 6.45) is 0. The number of hydrogen-bond acceptors (Lipinski definition) is 3. The molecule has 0 fully saturated rings. The van der Waals surface area contributed by atoms with Crippen LogP contribution in [-0.4, -0.2) is 54.9 Å². The van der Waals surface area contributed by atoms with E-state index in [1.165, 1.54) is 14.2 Å². The van der Waals surface area contributed by atoms with E-state index in [9.17, 15) is 9.59 Å². The Morgan fingerprint density at radius 3 is 2.40 bits per heavy atom. The Labute approximate surface area is 89.2 Å². The van der Waals surface area contributed by atoms with Crippen LogP contribution in [0.25, 0.3) is 0 Å². The molecular formula is C9H18N2O4. The van der Waals surface area contributed by atoms with E-state index in [2.05, 4.69) is 5.32 Å². The second kappa shape index (κ2) is 5.55. The van der Waals surface area contributed by atoms with Crippen LogP contribution in [0, 0.1) is 0 Å². The third kappa shape index (κ3) is 5.90. The smallest absolute Gasteiger partial charge is 0.323 e. The van der Waals surface area contributed by atoms with Crippen molar-refractivity contribution in [3.63, 3.8) is 0 Å². The first-order valence-corrected chi connectivity index (χ1v) is 4.52. The second-order valence-electron chi connectivity index (χ2n) is 4.00. The minimum absolute atomic E-state index is 0.325. The number of carboxylic acid groups (broad SMARTS) is 1. The number of amides is 2. The Bertz CT molecular complexity index is 240. The van der Waals surface area contributed by atoms with E-state index in [-0.39, 0.29) is 6.54 Å². The largest absolute Gasteiger partial charge is 0.480 e. The van der Waals surface area contributed by atoms with Crippen LogP contribution in [0.15, 0.2) is 0 Å². The molecule has 15 heavy (non-hydrogen) atoms. The lowest BCUT2D eigenvalue weighted by Crippen LogP contribution is -2.52. The summed E-state index contributed by atoms with van der Waals surface area (Å²) >= 11 is 0. The molecular weight excluding hydrogens is 200 g/mol. The van der Waals surface area contributed by atoms with Crippen LogP contribution in [0.5, 0.6) is 0 Å². The number of carbonyl (C=O) groups is 2. The van der Waals surface area contributed by atoms with Gasteiger partial charge in [0.2, 0.25) is 0 Å². The highest BCUT2D eigenvalue weighted by atomic mass is 16.5. The summed E-state index contributed by atoms with van der Waals surface area (Å²) in [6, 6.07) is -0.431. The average molecular weight is 218 g/mol. The van der Waals surface area contributed by atoms with Crippen LogP contribution in [0.4, 0.5) is 4.79 Å². The van der Waals surface area contributed by atoms with E-state index >= 15 is 0 Å². The zero-order valence-electron chi connectivity index (χ0n) is 9.53. The van der Waals surface area contributed by atoms with Gasteiger partial charge in [-0.15, -0.1) is 0 Å². The lowest BCUT2D eigenvalue weighted by Gasteiger charge is -2.27. The molecule has 0 bridgehead atoms. The normalized spacial score (nSPS) is 10.9. The summed E-state index contributed by atoms with van der Waals surface area (Å²) in [5.41, 5.74) is -0.515. The molecule has 88 valence electrons. The molecule has 2 amide bonds. The summed E-state index contributed by atoms with van der Waals surface area (Å²) in [5, 5.41) is 11.1. The van der Waals surface area contributed by atoms with Gasteiger partial charge < -0.3 is 20.1 Å². The van der Waals surface area contributed by atoms with Crippen LogP contribution in [0.3, 0.4) is 0 Å². The maximum absolute atomic E-state index is 11.5. The number of rotatable bonds is 5. The first kappa shape index (κ1) is 13.7. The molecule has 0 aromatic rings. The van der Waals surface area contributed by atoms with Gasteiger partial charge in [0.15, 0.2) is 0 Å².